The number of benzene rings is 2. The summed E-state index contributed by atoms with van der Waals surface area (Å²) in [6.45, 7) is 2.80. The largest absolute Gasteiger partial charge is 0.378 e. The average molecular weight is 448 g/mol. The molecule has 6 rings (SSSR count). The molecular weight excluding hydrogens is 430 g/mol. The lowest BCUT2D eigenvalue weighted by molar-refractivity contribution is 0.122. The van der Waals surface area contributed by atoms with Gasteiger partial charge in [-0.05, 0) is 40.3 Å². The lowest BCUT2D eigenvalue weighted by Crippen LogP contribution is -2.37. The molecule has 0 amide bonds. The number of para-hydroxylation sites is 2. The van der Waals surface area contributed by atoms with Gasteiger partial charge in [0.2, 0.25) is 5.95 Å². The van der Waals surface area contributed by atoms with Crippen molar-refractivity contribution in [1.29, 1.82) is 0 Å². The van der Waals surface area contributed by atoms with Crippen LogP contribution in [0.15, 0.2) is 48.7 Å². The number of hydrogen-bond acceptors (Lipinski definition) is 8. The van der Waals surface area contributed by atoms with Crippen LogP contribution in [0.5, 0.6) is 0 Å². The van der Waals surface area contributed by atoms with Crippen molar-refractivity contribution in [3.05, 3.63) is 65.9 Å². The third-order valence-corrected chi connectivity index (χ3v) is 5.74. The second-order valence-electron chi connectivity index (χ2n) is 7.74. The number of aromatic nitrogens is 6. The van der Waals surface area contributed by atoms with Crippen molar-refractivity contribution in [3.8, 4) is 17.1 Å². The Morgan fingerprint density at radius 2 is 1.79 bits per heavy atom. The molecule has 0 unspecified atom stereocenters. The van der Waals surface area contributed by atoms with Crippen LogP contribution in [0, 0.1) is 11.6 Å². The maximum atomic E-state index is 14.0. The van der Waals surface area contributed by atoms with Crippen LogP contribution in [-0.2, 0) is 11.3 Å². The summed E-state index contributed by atoms with van der Waals surface area (Å²) < 4.78 is 34.7. The van der Waals surface area contributed by atoms with E-state index in [9.17, 15) is 8.78 Å². The van der Waals surface area contributed by atoms with E-state index in [1.807, 2.05) is 29.2 Å². The van der Waals surface area contributed by atoms with Crippen LogP contribution in [0.3, 0.4) is 0 Å². The summed E-state index contributed by atoms with van der Waals surface area (Å²) in [5, 5.41) is 12.2. The van der Waals surface area contributed by atoms with Crippen LogP contribution in [-0.4, -0.2) is 56.5 Å². The Bertz CT molecular complexity index is 1340. The SMILES string of the molecule is Fc1ccc(CN2c3ccccc3-n3nnnc3-c3cnc(N4CCOCC4)nc32)cc1F. The molecule has 0 atom stereocenters. The van der Waals surface area contributed by atoms with Gasteiger partial charge in [0.05, 0.1) is 30.2 Å². The minimum absolute atomic E-state index is 0.249. The predicted octanol–water partition coefficient (Wildman–Crippen LogP) is 2.89. The summed E-state index contributed by atoms with van der Waals surface area (Å²) in [6.07, 6.45) is 1.71. The molecule has 4 aromatic rings. The molecule has 33 heavy (non-hydrogen) atoms. The van der Waals surface area contributed by atoms with Crippen molar-refractivity contribution in [2.45, 2.75) is 6.54 Å². The lowest BCUT2D eigenvalue weighted by atomic mass is 10.1. The molecule has 11 heteroatoms. The highest BCUT2D eigenvalue weighted by atomic mass is 19.2. The first-order valence-electron chi connectivity index (χ1n) is 10.5. The molecule has 2 aliphatic rings. The zero-order valence-electron chi connectivity index (χ0n) is 17.4. The molecule has 0 aliphatic carbocycles. The van der Waals surface area contributed by atoms with E-state index in [2.05, 4.69) is 25.4 Å². The Kier molecular flexibility index (Phi) is 4.68. The number of fused-ring (bicyclic) bond motifs is 5. The van der Waals surface area contributed by atoms with Crippen LogP contribution in [0.4, 0.5) is 26.2 Å². The molecular formula is C22H18F2N8O. The number of nitrogens with zero attached hydrogens (tertiary/aromatic N) is 8. The molecule has 0 spiro atoms. The highest BCUT2D eigenvalue weighted by Gasteiger charge is 2.30. The van der Waals surface area contributed by atoms with Gasteiger partial charge in [-0.2, -0.15) is 9.67 Å². The lowest BCUT2D eigenvalue weighted by Gasteiger charge is -2.29. The number of rotatable bonds is 3. The highest BCUT2D eigenvalue weighted by molar-refractivity contribution is 5.83. The molecule has 2 aromatic carbocycles. The van der Waals surface area contributed by atoms with Gasteiger partial charge < -0.3 is 14.5 Å². The van der Waals surface area contributed by atoms with E-state index in [1.54, 1.807) is 16.9 Å². The van der Waals surface area contributed by atoms with Crippen molar-refractivity contribution < 1.29 is 13.5 Å². The normalized spacial score (nSPS) is 15.0. The fraction of sp³-hybridized carbons (Fsp3) is 0.227. The van der Waals surface area contributed by atoms with E-state index in [1.165, 1.54) is 6.07 Å². The second-order valence-corrected chi connectivity index (χ2v) is 7.74. The fourth-order valence-electron chi connectivity index (χ4n) is 4.13. The van der Waals surface area contributed by atoms with Gasteiger partial charge in [0.1, 0.15) is 5.82 Å². The van der Waals surface area contributed by atoms with E-state index in [0.29, 0.717) is 55.0 Å². The zero-order valence-corrected chi connectivity index (χ0v) is 17.4. The van der Waals surface area contributed by atoms with Gasteiger partial charge in [0, 0.05) is 25.8 Å². The molecule has 4 heterocycles. The van der Waals surface area contributed by atoms with Crippen LogP contribution >= 0.6 is 0 Å². The van der Waals surface area contributed by atoms with Crippen molar-refractivity contribution in [1.82, 2.24) is 30.2 Å². The average Bonchev–Trinajstić information content (AvgIpc) is 3.31. The predicted molar refractivity (Wildman–Crippen MR) is 115 cm³/mol. The standard InChI is InChI=1S/C22H18F2N8O/c23-16-6-5-14(11-17(16)24)13-31-18-3-1-2-4-19(18)32-21(27-28-29-32)15-12-25-22(26-20(15)31)30-7-9-33-10-8-30/h1-6,11-12H,7-10,13H2. The quantitative estimate of drug-likeness (QED) is 0.473. The maximum absolute atomic E-state index is 14.0. The van der Waals surface area contributed by atoms with Crippen LogP contribution < -0.4 is 9.80 Å². The first-order chi connectivity index (χ1) is 16.2. The monoisotopic (exact) mass is 448 g/mol. The molecule has 1 fully saturated rings. The third-order valence-electron chi connectivity index (χ3n) is 5.74. The first-order valence-corrected chi connectivity index (χ1v) is 10.5. The van der Waals surface area contributed by atoms with E-state index < -0.39 is 11.6 Å². The van der Waals surface area contributed by atoms with E-state index in [4.69, 9.17) is 9.72 Å². The number of halogens is 2. The maximum Gasteiger partial charge on any atom is 0.227 e. The van der Waals surface area contributed by atoms with E-state index >= 15 is 0 Å². The number of hydrogen-bond donors (Lipinski definition) is 0. The van der Waals surface area contributed by atoms with Crippen molar-refractivity contribution in [2.75, 3.05) is 36.1 Å². The Morgan fingerprint density at radius 1 is 0.970 bits per heavy atom. The number of anilines is 3. The van der Waals surface area contributed by atoms with Crippen molar-refractivity contribution >= 4 is 17.5 Å². The summed E-state index contributed by atoms with van der Waals surface area (Å²) >= 11 is 0. The molecule has 1 saturated heterocycles. The Morgan fingerprint density at radius 3 is 2.61 bits per heavy atom. The molecule has 9 nitrogen and oxygen atoms in total. The zero-order chi connectivity index (χ0) is 22.4. The molecule has 166 valence electrons. The Balaban J connectivity index is 1.54. The molecule has 0 N–H and O–H groups in total. The van der Waals surface area contributed by atoms with Crippen LogP contribution in [0.25, 0.3) is 17.1 Å². The van der Waals surface area contributed by atoms with Crippen molar-refractivity contribution in [2.24, 2.45) is 0 Å². The van der Waals surface area contributed by atoms with Crippen LogP contribution in [0.1, 0.15) is 5.56 Å². The molecule has 2 aliphatic heterocycles. The molecule has 0 bridgehead atoms. The second kappa shape index (κ2) is 7.85. The summed E-state index contributed by atoms with van der Waals surface area (Å²) in [5.41, 5.74) is 2.75. The van der Waals surface area contributed by atoms with Gasteiger partial charge in [-0.25, -0.2) is 13.8 Å². The van der Waals surface area contributed by atoms with Gasteiger partial charge in [0.25, 0.3) is 0 Å². The third kappa shape index (κ3) is 3.37. The van der Waals surface area contributed by atoms with Gasteiger partial charge in [0.15, 0.2) is 17.5 Å². The smallest absolute Gasteiger partial charge is 0.227 e. The molecule has 0 radical (unpaired) electrons. The van der Waals surface area contributed by atoms with E-state index in [0.717, 1.165) is 17.4 Å². The first kappa shape index (κ1) is 19.7. The Labute approximate surface area is 187 Å². The number of morpholine rings is 1. The van der Waals surface area contributed by atoms with Gasteiger partial charge in [-0.15, -0.1) is 5.10 Å². The number of ether oxygens (including phenoxy) is 1. The van der Waals surface area contributed by atoms with Gasteiger partial charge in [-0.3, -0.25) is 0 Å². The van der Waals surface area contributed by atoms with Crippen molar-refractivity contribution in [3.63, 3.8) is 0 Å². The Hall–Kier alpha value is -3.99. The topological polar surface area (TPSA) is 85.1 Å². The van der Waals surface area contributed by atoms with Gasteiger partial charge >= 0.3 is 0 Å². The summed E-state index contributed by atoms with van der Waals surface area (Å²) in [5.74, 6) is -0.143. The fourth-order valence-corrected chi connectivity index (χ4v) is 4.13. The minimum Gasteiger partial charge on any atom is -0.378 e. The molecule has 2 aromatic heterocycles. The minimum atomic E-state index is -0.897. The van der Waals surface area contributed by atoms with Gasteiger partial charge in [-0.1, -0.05) is 18.2 Å². The summed E-state index contributed by atoms with van der Waals surface area (Å²) in [7, 11) is 0. The molecule has 0 saturated carbocycles. The summed E-state index contributed by atoms with van der Waals surface area (Å²) in [4.78, 5) is 13.5. The highest BCUT2D eigenvalue weighted by Crippen LogP contribution is 2.41. The summed E-state index contributed by atoms with van der Waals surface area (Å²) in [6, 6.07) is 11.5. The number of tetrazole rings is 1. The van der Waals surface area contributed by atoms with E-state index in [-0.39, 0.29) is 6.54 Å². The van der Waals surface area contributed by atoms with Crippen LogP contribution in [0.2, 0.25) is 0 Å².